The standard InChI is InChI=1S/C18H16N2O4/c1-11-5-4-6-12(9-11)20-16(21)10-15(17(20)22)19-14-8-3-2-7-13(14)18(23)24/h2-9,15,19H,10H2,1H3,(H,23,24). The summed E-state index contributed by atoms with van der Waals surface area (Å²) < 4.78 is 0. The van der Waals surface area contributed by atoms with Gasteiger partial charge >= 0.3 is 5.97 Å². The molecule has 0 aromatic heterocycles. The molecule has 2 aromatic rings. The van der Waals surface area contributed by atoms with Crippen LogP contribution >= 0.6 is 0 Å². The Balaban J connectivity index is 1.86. The predicted molar refractivity (Wildman–Crippen MR) is 89.1 cm³/mol. The fourth-order valence-electron chi connectivity index (χ4n) is 2.77. The summed E-state index contributed by atoms with van der Waals surface area (Å²) in [6.45, 7) is 1.88. The van der Waals surface area contributed by atoms with Crippen molar-refractivity contribution in [3.63, 3.8) is 0 Å². The summed E-state index contributed by atoms with van der Waals surface area (Å²) in [6.07, 6.45) is -0.0132. The molecule has 1 saturated heterocycles. The van der Waals surface area contributed by atoms with Crippen molar-refractivity contribution in [2.45, 2.75) is 19.4 Å². The van der Waals surface area contributed by atoms with Gasteiger partial charge in [-0.3, -0.25) is 9.59 Å². The Labute approximate surface area is 138 Å². The van der Waals surface area contributed by atoms with Crippen LogP contribution < -0.4 is 10.2 Å². The number of carboxylic acids is 1. The molecule has 1 atom stereocenters. The van der Waals surface area contributed by atoms with Gasteiger partial charge in [0.1, 0.15) is 6.04 Å². The van der Waals surface area contributed by atoms with Crippen LogP contribution in [0.25, 0.3) is 0 Å². The summed E-state index contributed by atoms with van der Waals surface area (Å²) in [4.78, 5) is 37.3. The molecule has 0 radical (unpaired) electrons. The Kier molecular flexibility index (Phi) is 4.04. The van der Waals surface area contributed by atoms with E-state index in [9.17, 15) is 19.5 Å². The minimum absolute atomic E-state index is 0.0132. The highest BCUT2D eigenvalue weighted by Crippen LogP contribution is 2.26. The smallest absolute Gasteiger partial charge is 0.337 e. The third-order valence-electron chi connectivity index (χ3n) is 3.89. The molecule has 6 heteroatoms. The van der Waals surface area contributed by atoms with Gasteiger partial charge in [0.05, 0.1) is 17.7 Å². The van der Waals surface area contributed by atoms with E-state index in [-0.39, 0.29) is 23.8 Å². The van der Waals surface area contributed by atoms with Crippen LogP contribution in [0, 0.1) is 6.92 Å². The van der Waals surface area contributed by atoms with Crippen molar-refractivity contribution < 1.29 is 19.5 Å². The molecule has 2 amide bonds. The first-order valence-corrected chi connectivity index (χ1v) is 7.49. The lowest BCUT2D eigenvalue weighted by Crippen LogP contribution is -2.35. The van der Waals surface area contributed by atoms with Crippen LogP contribution in [0.5, 0.6) is 0 Å². The monoisotopic (exact) mass is 324 g/mol. The van der Waals surface area contributed by atoms with Gasteiger partial charge in [0, 0.05) is 5.69 Å². The summed E-state index contributed by atoms with van der Waals surface area (Å²) in [7, 11) is 0. The maximum atomic E-state index is 12.6. The predicted octanol–water partition coefficient (Wildman–Crippen LogP) is 2.44. The van der Waals surface area contributed by atoms with E-state index in [4.69, 9.17) is 0 Å². The number of amides is 2. The van der Waals surface area contributed by atoms with Crippen molar-refractivity contribution in [1.82, 2.24) is 0 Å². The van der Waals surface area contributed by atoms with Crippen molar-refractivity contribution in [2.24, 2.45) is 0 Å². The molecule has 1 fully saturated rings. The number of nitrogens with zero attached hydrogens (tertiary/aromatic N) is 1. The number of hydrogen-bond donors (Lipinski definition) is 2. The van der Waals surface area contributed by atoms with Crippen molar-refractivity contribution in [2.75, 3.05) is 10.2 Å². The Morgan fingerprint density at radius 2 is 1.92 bits per heavy atom. The SMILES string of the molecule is Cc1cccc(N2C(=O)CC(Nc3ccccc3C(=O)O)C2=O)c1. The molecule has 1 unspecified atom stereocenters. The number of anilines is 2. The van der Waals surface area contributed by atoms with Crippen LogP contribution in [0.3, 0.4) is 0 Å². The fourth-order valence-corrected chi connectivity index (χ4v) is 2.77. The summed E-state index contributed by atoms with van der Waals surface area (Å²) in [5, 5.41) is 12.1. The lowest BCUT2D eigenvalue weighted by molar-refractivity contribution is -0.121. The largest absolute Gasteiger partial charge is 0.478 e. The van der Waals surface area contributed by atoms with Crippen LogP contribution in [-0.2, 0) is 9.59 Å². The highest BCUT2D eigenvalue weighted by Gasteiger charge is 2.39. The van der Waals surface area contributed by atoms with Crippen LogP contribution in [0.1, 0.15) is 22.3 Å². The summed E-state index contributed by atoms with van der Waals surface area (Å²) in [5.41, 5.74) is 1.86. The third-order valence-corrected chi connectivity index (χ3v) is 3.89. The number of aromatic carboxylic acids is 1. The molecule has 0 aliphatic carbocycles. The Morgan fingerprint density at radius 3 is 2.62 bits per heavy atom. The van der Waals surface area contributed by atoms with E-state index < -0.39 is 12.0 Å². The van der Waals surface area contributed by atoms with Crippen LogP contribution in [0.4, 0.5) is 11.4 Å². The number of benzene rings is 2. The number of carbonyl (C=O) groups is 3. The van der Waals surface area contributed by atoms with Crippen molar-refractivity contribution in [3.8, 4) is 0 Å². The molecule has 0 spiro atoms. The molecule has 1 aliphatic rings. The number of imide groups is 1. The maximum Gasteiger partial charge on any atom is 0.337 e. The van der Waals surface area contributed by atoms with Gasteiger partial charge in [0.2, 0.25) is 5.91 Å². The topological polar surface area (TPSA) is 86.7 Å². The molecule has 1 aliphatic heterocycles. The van der Waals surface area contributed by atoms with Gasteiger partial charge < -0.3 is 10.4 Å². The Hall–Kier alpha value is -3.15. The number of rotatable bonds is 4. The zero-order chi connectivity index (χ0) is 17.3. The van der Waals surface area contributed by atoms with Crippen LogP contribution in [0.2, 0.25) is 0 Å². The lowest BCUT2D eigenvalue weighted by atomic mass is 10.1. The summed E-state index contributed by atoms with van der Waals surface area (Å²) in [6, 6.07) is 12.7. The van der Waals surface area contributed by atoms with Gasteiger partial charge in [-0.25, -0.2) is 9.69 Å². The zero-order valence-electron chi connectivity index (χ0n) is 13.0. The van der Waals surface area contributed by atoms with E-state index in [0.29, 0.717) is 11.4 Å². The van der Waals surface area contributed by atoms with E-state index in [0.717, 1.165) is 10.5 Å². The number of para-hydroxylation sites is 1. The van der Waals surface area contributed by atoms with Gasteiger partial charge in [-0.15, -0.1) is 0 Å². The van der Waals surface area contributed by atoms with Crippen molar-refractivity contribution in [3.05, 3.63) is 59.7 Å². The second-order valence-electron chi connectivity index (χ2n) is 5.66. The average molecular weight is 324 g/mol. The second kappa shape index (κ2) is 6.16. The fraction of sp³-hybridized carbons (Fsp3) is 0.167. The minimum atomic E-state index is -1.09. The first-order chi connectivity index (χ1) is 11.5. The third kappa shape index (κ3) is 2.86. The van der Waals surface area contributed by atoms with Crippen LogP contribution in [-0.4, -0.2) is 28.9 Å². The Bertz CT molecular complexity index is 831. The zero-order valence-corrected chi connectivity index (χ0v) is 13.0. The van der Waals surface area contributed by atoms with E-state index in [2.05, 4.69) is 5.32 Å². The highest BCUT2D eigenvalue weighted by atomic mass is 16.4. The molecule has 2 aromatic carbocycles. The quantitative estimate of drug-likeness (QED) is 0.844. The van der Waals surface area contributed by atoms with Gasteiger partial charge in [0.15, 0.2) is 0 Å². The van der Waals surface area contributed by atoms with Crippen molar-refractivity contribution >= 4 is 29.2 Å². The molecule has 0 saturated carbocycles. The number of carboxylic acid groups (broad SMARTS) is 1. The van der Waals surface area contributed by atoms with Gasteiger partial charge in [-0.05, 0) is 36.8 Å². The summed E-state index contributed by atoms with van der Waals surface area (Å²) >= 11 is 0. The minimum Gasteiger partial charge on any atom is -0.478 e. The number of nitrogens with one attached hydrogen (secondary N) is 1. The van der Waals surface area contributed by atoms with Crippen LogP contribution in [0.15, 0.2) is 48.5 Å². The molecule has 122 valence electrons. The molecule has 2 N–H and O–H groups in total. The van der Waals surface area contributed by atoms with E-state index in [1.807, 2.05) is 13.0 Å². The Morgan fingerprint density at radius 1 is 1.17 bits per heavy atom. The average Bonchev–Trinajstić information content (AvgIpc) is 2.81. The number of hydrogen-bond acceptors (Lipinski definition) is 4. The molecule has 6 nitrogen and oxygen atoms in total. The summed E-state index contributed by atoms with van der Waals surface area (Å²) in [5.74, 6) is -1.79. The van der Waals surface area contributed by atoms with Crippen molar-refractivity contribution in [1.29, 1.82) is 0 Å². The second-order valence-corrected chi connectivity index (χ2v) is 5.66. The van der Waals surface area contributed by atoms with Gasteiger partial charge in [-0.1, -0.05) is 24.3 Å². The van der Waals surface area contributed by atoms with Gasteiger partial charge in [0.25, 0.3) is 5.91 Å². The highest BCUT2D eigenvalue weighted by molar-refractivity contribution is 6.23. The van der Waals surface area contributed by atoms with E-state index in [1.165, 1.54) is 6.07 Å². The first kappa shape index (κ1) is 15.7. The van der Waals surface area contributed by atoms with Gasteiger partial charge in [-0.2, -0.15) is 0 Å². The maximum absolute atomic E-state index is 12.6. The first-order valence-electron chi connectivity index (χ1n) is 7.49. The molecule has 24 heavy (non-hydrogen) atoms. The molecule has 0 bridgehead atoms. The molecule has 1 heterocycles. The normalized spacial score (nSPS) is 17.2. The molecular weight excluding hydrogens is 308 g/mol. The molecular formula is C18H16N2O4. The molecule has 3 rings (SSSR count). The van der Waals surface area contributed by atoms with E-state index in [1.54, 1.807) is 36.4 Å². The van der Waals surface area contributed by atoms with E-state index >= 15 is 0 Å². The lowest BCUT2D eigenvalue weighted by Gasteiger charge is -2.17. The number of aryl methyl sites for hydroxylation is 1. The number of carbonyl (C=O) groups excluding carboxylic acids is 2.